The zero-order valence-electron chi connectivity index (χ0n) is 12.0. The Hall–Kier alpha value is -2.75. The number of thioether (sulfide) groups is 1. The Kier molecular flexibility index (Phi) is 4.06. The van der Waals surface area contributed by atoms with Crippen molar-refractivity contribution in [2.75, 3.05) is 0 Å². The van der Waals surface area contributed by atoms with E-state index in [1.54, 1.807) is 23.7 Å². The fourth-order valence-corrected chi connectivity index (χ4v) is 2.70. The Bertz CT molecular complexity index is 845. The molecule has 0 N–H and O–H groups in total. The van der Waals surface area contributed by atoms with E-state index in [9.17, 15) is 14.5 Å². The second-order valence-corrected chi connectivity index (χ2v) is 5.55. The minimum absolute atomic E-state index is 0.0597. The second-order valence-electron chi connectivity index (χ2n) is 4.64. The third kappa shape index (κ3) is 3.21. The molecule has 0 fully saturated rings. The minimum atomic E-state index is -0.497. The summed E-state index contributed by atoms with van der Waals surface area (Å²) in [6.45, 7) is 0. The van der Waals surface area contributed by atoms with E-state index in [2.05, 4.69) is 15.3 Å². The van der Waals surface area contributed by atoms with E-state index in [0.29, 0.717) is 16.9 Å². The van der Waals surface area contributed by atoms with Gasteiger partial charge in [-0.3, -0.25) is 14.8 Å². The predicted molar refractivity (Wildman–Crippen MR) is 81.1 cm³/mol. The number of nitro groups is 1. The summed E-state index contributed by atoms with van der Waals surface area (Å²) in [5, 5.41) is 23.3. The van der Waals surface area contributed by atoms with Crippen molar-refractivity contribution in [3.8, 4) is 11.4 Å². The highest BCUT2D eigenvalue weighted by Gasteiger charge is 2.13. The summed E-state index contributed by atoms with van der Waals surface area (Å²) in [5.74, 6) is 0.660. The lowest BCUT2D eigenvalue weighted by Gasteiger charge is -2.04. The molecular formula is C13H11FN6O2S. The van der Waals surface area contributed by atoms with Gasteiger partial charge in [0.1, 0.15) is 18.2 Å². The lowest BCUT2D eigenvalue weighted by molar-refractivity contribution is -0.385. The van der Waals surface area contributed by atoms with Crippen LogP contribution in [0.25, 0.3) is 11.4 Å². The van der Waals surface area contributed by atoms with Gasteiger partial charge in [0, 0.05) is 12.6 Å². The highest BCUT2D eigenvalue weighted by Crippen LogP contribution is 2.24. The Labute approximate surface area is 134 Å². The number of aromatic nitrogens is 5. The van der Waals surface area contributed by atoms with Crippen molar-refractivity contribution in [2.24, 2.45) is 7.05 Å². The fraction of sp³-hybridized carbons (Fsp3) is 0.154. The largest absolute Gasteiger partial charge is 0.307 e. The van der Waals surface area contributed by atoms with Gasteiger partial charge in [0.05, 0.1) is 10.8 Å². The van der Waals surface area contributed by atoms with E-state index >= 15 is 0 Å². The molecule has 23 heavy (non-hydrogen) atoms. The Morgan fingerprint density at radius 3 is 2.70 bits per heavy atom. The van der Waals surface area contributed by atoms with E-state index in [4.69, 9.17) is 0 Å². The summed E-state index contributed by atoms with van der Waals surface area (Å²) in [7, 11) is 1.80. The molecular weight excluding hydrogens is 323 g/mol. The molecule has 0 atom stereocenters. The van der Waals surface area contributed by atoms with E-state index in [1.807, 2.05) is 0 Å². The van der Waals surface area contributed by atoms with Crippen LogP contribution in [0.3, 0.4) is 0 Å². The van der Waals surface area contributed by atoms with Gasteiger partial charge in [-0.2, -0.15) is 5.10 Å². The standard InChI is InChI=1S/C13H11FN6O2S/c1-18-12(9-2-4-10(14)5-3-9)16-17-13(18)23-8-19-7-11(6-15-19)20(21)22/h2-7H,8H2,1H3. The SMILES string of the molecule is Cn1c(SCn2cc([N+](=O)[O-])cn2)nnc1-c1ccc(F)cc1. The number of halogens is 1. The zero-order chi connectivity index (χ0) is 16.4. The van der Waals surface area contributed by atoms with Gasteiger partial charge in [0.2, 0.25) is 0 Å². The average Bonchev–Trinajstić information content (AvgIpc) is 3.13. The van der Waals surface area contributed by atoms with Crippen molar-refractivity contribution in [3.05, 3.63) is 52.6 Å². The molecule has 3 rings (SSSR count). The normalized spacial score (nSPS) is 10.9. The fourth-order valence-electron chi connectivity index (χ4n) is 1.93. The molecule has 118 valence electrons. The maximum atomic E-state index is 13.0. The van der Waals surface area contributed by atoms with Gasteiger partial charge in [-0.1, -0.05) is 11.8 Å². The van der Waals surface area contributed by atoms with Gasteiger partial charge in [-0.25, -0.2) is 4.39 Å². The second kappa shape index (κ2) is 6.16. The lowest BCUT2D eigenvalue weighted by Crippen LogP contribution is -1.98. The summed E-state index contributed by atoms with van der Waals surface area (Å²) < 4.78 is 16.2. The zero-order valence-corrected chi connectivity index (χ0v) is 12.8. The van der Waals surface area contributed by atoms with Crippen molar-refractivity contribution in [1.82, 2.24) is 24.5 Å². The van der Waals surface area contributed by atoms with Crippen LogP contribution in [-0.2, 0) is 12.9 Å². The predicted octanol–water partition coefficient (Wildman–Crippen LogP) is 2.48. The first kappa shape index (κ1) is 15.2. The maximum absolute atomic E-state index is 13.0. The molecule has 0 amide bonds. The Morgan fingerprint density at radius 1 is 1.30 bits per heavy atom. The van der Waals surface area contributed by atoms with Crippen molar-refractivity contribution in [3.63, 3.8) is 0 Å². The third-order valence-corrected chi connectivity index (χ3v) is 4.10. The van der Waals surface area contributed by atoms with Crippen molar-refractivity contribution in [1.29, 1.82) is 0 Å². The Morgan fingerprint density at radius 2 is 2.04 bits per heavy atom. The number of hydrogen-bond donors (Lipinski definition) is 0. The molecule has 0 saturated carbocycles. The minimum Gasteiger partial charge on any atom is -0.305 e. The topological polar surface area (TPSA) is 91.7 Å². The molecule has 2 aromatic heterocycles. The monoisotopic (exact) mass is 334 g/mol. The maximum Gasteiger partial charge on any atom is 0.307 e. The van der Waals surface area contributed by atoms with Gasteiger partial charge in [-0.15, -0.1) is 10.2 Å². The van der Waals surface area contributed by atoms with Crippen LogP contribution >= 0.6 is 11.8 Å². The van der Waals surface area contributed by atoms with Crippen LogP contribution < -0.4 is 0 Å². The van der Waals surface area contributed by atoms with Crippen LogP contribution in [0.5, 0.6) is 0 Å². The summed E-state index contributed by atoms with van der Waals surface area (Å²) in [4.78, 5) is 10.1. The molecule has 0 radical (unpaired) electrons. The number of benzene rings is 1. The van der Waals surface area contributed by atoms with E-state index in [-0.39, 0.29) is 11.5 Å². The number of hydrogen-bond acceptors (Lipinski definition) is 6. The molecule has 2 heterocycles. The van der Waals surface area contributed by atoms with Crippen molar-refractivity contribution >= 4 is 17.4 Å². The molecule has 0 aliphatic rings. The van der Waals surface area contributed by atoms with E-state index in [1.165, 1.54) is 41.0 Å². The first-order valence-electron chi connectivity index (χ1n) is 6.49. The van der Waals surface area contributed by atoms with Crippen LogP contribution in [0.2, 0.25) is 0 Å². The number of rotatable bonds is 5. The van der Waals surface area contributed by atoms with E-state index < -0.39 is 4.92 Å². The molecule has 0 bridgehead atoms. The summed E-state index contributed by atoms with van der Waals surface area (Å²) in [6.07, 6.45) is 2.55. The highest BCUT2D eigenvalue weighted by atomic mass is 32.2. The van der Waals surface area contributed by atoms with Gasteiger partial charge in [-0.05, 0) is 24.3 Å². The lowest BCUT2D eigenvalue weighted by atomic mass is 10.2. The molecule has 0 unspecified atom stereocenters. The molecule has 0 aliphatic carbocycles. The molecule has 8 nitrogen and oxygen atoms in total. The van der Waals surface area contributed by atoms with Crippen LogP contribution in [0, 0.1) is 15.9 Å². The molecule has 3 aromatic rings. The van der Waals surface area contributed by atoms with Crippen molar-refractivity contribution in [2.45, 2.75) is 11.0 Å². The van der Waals surface area contributed by atoms with Gasteiger partial charge in [0.15, 0.2) is 11.0 Å². The molecule has 0 aliphatic heterocycles. The van der Waals surface area contributed by atoms with Gasteiger partial charge < -0.3 is 4.57 Å². The smallest absolute Gasteiger partial charge is 0.305 e. The average molecular weight is 334 g/mol. The Balaban J connectivity index is 1.74. The number of nitrogens with zero attached hydrogens (tertiary/aromatic N) is 6. The van der Waals surface area contributed by atoms with Crippen molar-refractivity contribution < 1.29 is 9.31 Å². The van der Waals surface area contributed by atoms with E-state index in [0.717, 1.165) is 5.56 Å². The van der Waals surface area contributed by atoms with Gasteiger partial charge in [0.25, 0.3) is 0 Å². The highest BCUT2D eigenvalue weighted by molar-refractivity contribution is 7.98. The van der Waals surface area contributed by atoms with Gasteiger partial charge >= 0.3 is 5.69 Å². The van der Waals surface area contributed by atoms with Crippen LogP contribution in [0.4, 0.5) is 10.1 Å². The molecule has 1 aromatic carbocycles. The first-order chi connectivity index (χ1) is 11.0. The summed E-state index contributed by atoms with van der Waals surface area (Å²) in [5.41, 5.74) is 0.693. The summed E-state index contributed by atoms with van der Waals surface area (Å²) >= 11 is 1.34. The molecule has 0 spiro atoms. The summed E-state index contributed by atoms with van der Waals surface area (Å²) in [6, 6.07) is 5.98. The third-order valence-electron chi connectivity index (χ3n) is 3.09. The quantitative estimate of drug-likeness (QED) is 0.404. The molecule has 0 saturated heterocycles. The van der Waals surface area contributed by atoms with Crippen LogP contribution in [-0.4, -0.2) is 29.5 Å². The van der Waals surface area contributed by atoms with Crippen LogP contribution in [0.15, 0.2) is 41.8 Å². The first-order valence-corrected chi connectivity index (χ1v) is 7.48. The molecule has 10 heteroatoms. The van der Waals surface area contributed by atoms with Crippen LogP contribution in [0.1, 0.15) is 0 Å².